The molecule has 1 aromatic carbocycles. The summed E-state index contributed by atoms with van der Waals surface area (Å²) in [6, 6.07) is 3.25. The molecular formula is C16H27N3O6S2. The normalized spacial score (nSPS) is 13.4. The maximum atomic E-state index is 12.9. The molecule has 0 aliphatic heterocycles. The van der Waals surface area contributed by atoms with Crippen molar-refractivity contribution in [3.8, 4) is 5.75 Å². The number of ether oxygens (including phenoxy) is 1. The summed E-state index contributed by atoms with van der Waals surface area (Å²) in [5, 5.41) is 2.52. The average Bonchev–Trinajstić information content (AvgIpc) is 2.55. The summed E-state index contributed by atoms with van der Waals surface area (Å²) < 4.78 is 57.1. The molecule has 154 valence electrons. The van der Waals surface area contributed by atoms with Gasteiger partial charge in [0.15, 0.2) is 0 Å². The van der Waals surface area contributed by atoms with Crippen LogP contribution in [0.3, 0.4) is 0 Å². The number of carbonyl (C=O) groups excluding carboxylic acids is 1. The van der Waals surface area contributed by atoms with E-state index in [0.717, 1.165) is 6.26 Å². The van der Waals surface area contributed by atoms with Gasteiger partial charge in [0.05, 0.1) is 18.9 Å². The fraction of sp³-hybridized carbons (Fsp3) is 0.562. The van der Waals surface area contributed by atoms with E-state index in [1.807, 2.05) is 0 Å². The molecule has 9 nitrogen and oxygen atoms in total. The lowest BCUT2D eigenvalue weighted by Gasteiger charge is -2.21. The second kappa shape index (κ2) is 9.49. The Hall–Kier alpha value is -1.69. The first-order valence-electron chi connectivity index (χ1n) is 8.51. The van der Waals surface area contributed by atoms with Gasteiger partial charge >= 0.3 is 0 Å². The Kier molecular flexibility index (Phi) is 8.21. The number of nitrogens with zero attached hydrogens (tertiary/aromatic N) is 1. The third-order valence-corrected chi connectivity index (χ3v) is 6.47. The summed E-state index contributed by atoms with van der Waals surface area (Å²) in [6.07, 6.45) is 0.947. The van der Waals surface area contributed by atoms with Crippen molar-refractivity contribution in [2.45, 2.75) is 38.6 Å². The predicted octanol–water partition coefficient (Wildman–Crippen LogP) is 0.992. The van der Waals surface area contributed by atoms with Crippen molar-refractivity contribution < 1.29 is 26.4 Å². The van der Waals surface area contributed by atoms with Gasteiger partial charge in [0.2, 0.25) is 26.0 Å². The fourth-order valence-electron chi connectivity index (χ4n) is 2.39. The lowest BCUT2D eigenvalue weighted by atomic mass is 10.2. The van der Waals surface area contributed by atoms with Gasteiger partial charge in [-0.15, -0.1) is 0 Å². The number of hydrogen-bond donors (Lipinski definition) is 2. The minimum Gasteiger partial charge on any atom is -0.492 e. The molecule has 0 heterocycles. The fourth-order valence-corrected chi connectivity index (χ4v) is 4.75. The first-order valence-corrected chi connectivity index (χ1v) is 11.8. The lowest BCUT2D eigenvalue weighted by molar-refractivity contribution is -0.117. The summed E-state index contributed by atoms with van der Waals surface area (Å²) in [4.78, 5) is 12.1. The molecule has 1 aromatic rings. The summed E-state index contributed by atoms with van der Waals surface area (Å²) in [5.41, 5.74) is 0.219. The Bertz CT molecular complexity index is 864. The molecule has 0 bridgehead atoms. The smallest absolute Gasteiger partial charge is 0.246 e. The average molecular weight is 422 g/mol. The Morgan fingerprint density at radius 1 is 1.15 bits per heavy atom. The van der Waals surface area contributed by atoms with E-state index >= 15 is 0 Å². The molecule has 1 amide bonds. The largest absolute Gasteiger partial charge is 0.492 e. The number of rotatable bonds is 10. The number of benzene rings is 1. The number of carbonyl (C=O) groups is 1. The van der Waals surface area contributed by atoms with Crippen LogP contribution in [0.25, 0.3) is 0 Å². The van der Waals surface area contributed by atoms with E-state index in [9.17, 15) is 21.6 Å². The first kappa shape index (κ1) is 23.3. The second-order valence-corrected chi connectivity index (χ2v) is 9.47. The van der Waals surface area contributed by atoms with E-state index in [1.54, 1.807) is 20.8 Å². The summed E-state index contributed by atoms with van der Waals surface area (Å²) in [5.74, 6) is -0.430. The van der Waals surface area contributed by atoms with Gasteiger partial charge in [-0.3, -0.25) is 4.79 Å². The van der Waals surface area contributed by atoms with Crippen LogP contribution < -0.4 is 14.8 Å². The minimum absolute atomic E-state index is 0.0606. The Balaban J connectivity index is 3.24. The van der Waals surface area contributed by atoms with Crippen molar-refractivity contribution in [1.29, 1.82) is 0 Å². The molecule has 0 radical (unpaired) electrons. The van der Waals surface area contributed by atoms with E-state index < -0.39 is 32.0 Å². The van der Waals surface area contributed by atoms with Crippen molar-refractivity contribution in [1.82, 2.24) is 9.03 Å². The number of anilines is 1. The van der Waals surface area contributed by atoms with Gasteiger partial charge in [-0.2, -0.15) is 4.31 Å². The van der Waals surface area contributed by atoms with Gasteiger partial charge in [-0.1, -0.05) is 13.8 Å². The molecule has 27 heavy (non-hydrogen) atoms. The van der Waals surface area contributed by atoms with E-state index in [4.69, 9.17) is 4.74 Å². The molecule has 0 spiro atoms. The van der Waals surface area contributed by atoms with Crippen LogP contribution in [0.15, 0.2) is 23.1 Å². The zero-order valence-corrected chi connectivity index (χ0v) is 17.8. The van der Waals surface area contributed by atoms with E-state index in [1.165, 1.54) is 29.4 Å². The van der Waals surface area contributed by atoms with Crippen molar-refractivity contribution in [2.24, 2.45) is 0 Å². The van der Waals surface area contributed by atoms with Crippen LogP contribution >= 0.6 is 0 Å². The molecule has 1 rings (SSSR count). The number of nitrogens with one attached hydrogen (secondary N) is 2. The van der Waals surface area contributed by atoms with Crippen LogP contribution in [0.5, 0.6) is 5.75 Å². The monoisotopic (exact) mass is 421 g/mol. The van der Waals surface area contributed by atoms with Gasteiger partial charge in [-0.05, 0) is 32.0 Å². The standard InChI is InChI=1S/C16H27N3O6S2/c1-6-19(7-2)27(23,24)15-11-13(9-10-14(15)25-8-3)17-16(20)12(4)18-26(5,21)22/h9-12,18H,6-8H2,1-5H3,(H,17,20). The molecule has 0 fully saturated rings. The zero-order valence-electron chi connectivity index (χ0n) is 16.1. The lowest BCUT2D eigenvalue weighted by Crippen LogP contribution is -2.41. The highest BCUT2D eigenvalue weighted by Crippen LogP contribution is 2.30. The Labute approximate surface area is 161 Å². The summed E-state index contributed by atoms with van der Waals surface area (Å²) in [7, 11) is -7.37. The molecule has 0 aliphatic carbocycles. The quantitative estimate of drug-likeness (QED) is 0.581. The minimum atomic E-state index is -3.82. The third kappa shape index (κ3) is 6.45. The van der Waals surface area contributed by atoms with Crippen LogP contribution in [0.1, 0.15) is 27.7 Å². The van der Waals surface area contributed by atoms with Crippen molar-refractivity contribution in [3.63, 3.8) is 0 Å². The topological polar surface area (TPSA) is 122 Å². The maximum Gasteiger partial charge on any atom is 0.246 e. The number of amides is 1. The van der Waals surface area contributed by atoms with Crippen molar-refractivity contribution in [2.75, 3.05) is 31.3 Å². The summed E-state index contributed by atoms with van der Waals surface area (Å²) in [6.45, 7) is 7.44. The van der Waals surface area contributed by atoms with Gasteiger partial charge in [-0.25, -0.2) is 21.6 Å². The van der Waals surface area contributed by atoms with E-state index in [2.05, 4.69) is 10.0 Å². The Morgan fingerprint density at radius 3 is 2.22 bits per heavy atom. The highest BCUT2D eigenvalue weighted by molar-refractivity contribution is 7.89. The van der Waals surface area contributed by atoms with Crippen LogP contribution in [0.4, 0.5) is 5.69 Å². The molecule has 0 aliphatic rings. The zero-order chi connectivity index (χ0) is 20.8. The van der Waals surface area contributed by atoms with Crippen LogP contribution in [0.2, 0.25) is 0 Å². The second-order valence-electron chi connectivity index (χ2n) is 5.78. The maximum absolute atomic E-state index is 12.9. The van der Waals surface area contributed by atoms with E-state index in [0.29, 0.717) is 0 Å². The van der Waals surface area contributed by atoms with Gasteiger partial charge in [0.25, 0.3) is 0 Å². The highest BCUT2D eigenvalue weighted by Gasteiger charge is 2.27. The molecule has 2 N–H and O–H groups in total. The predicted molar refractivity (Wildman–Crippen MR) is 104 cm³/mol. The van der Waals surface area contributed by atoms with Crippen molar-refractivity contribution in [3.05, 3.63) is 18.2 Å². The van der Waals surface area contributed by atoms with Gasteiger partial charge in [0.1, 0.15) is 10.6 Å². The molecule has 0 saturated carbocycles. The Morgan fingerprint density at radius 2 is 1.74 bits per heavy atom. The molecule has 1 atom stereocenters. The molecular weight excluding hydrogens is 394 g/mol. The van der Waals surface area contributed by atoms with E-state index in [-0.39, 0.29) is 36.0 Å². The van der Waals surface area contributed by atoms with Crippen LogP contribution in [-0.2, 0) is 24.8 Å². The van der Waals surface area contributed by atoms with Crippen molar-refractivity contribution >= 4 is 31.6 Å². The number of sulfonamides is 2. The molecule has 11 heteroatoms. The third-order valence-electron chi connectivity index (χ3n) is 3.62. The highest BCUT2D eigenvalue weighted by atomic mass is 32.2. The van der Waals surface area contributed by atoms with Gasteiger partial charge < -0.3 is 10.1 Å². The van der Waals surface area contributed by atoms with Crippen LogP contribution in [0, 0.1) is 0 Å². The number of hydrogen-bond acceptors (Lipinski definition) is 6. The molecule has 1 unspecified atom stereocenters. The first-order chi connectivity index (χ1) is 12.5. The molecule has 0 aromatic heterocycles. The summed E-state index contributed by atoms with van der Waals surface area (Å²) >= 11 is 0. The SMILES string of the molecule is CCOc1ccc(NC(=O)C(C)NS(C)(=O)=O)cc1S(=O)(=O)N(CC)CC. The van der Waals surface area contributed by atoms with Gasteiger partial charge in [0, 0.05) is 18.8 Å². The molecule has 0 saturated heterocycles. The van der Waals surface area contributed by atoms with Crippen LogP contribution in [-0.4, -0.2) is 59.0 Å².